The summed E-state index contributed by atoms with van der Waals surface area (Å²) < 4.78 is 0. The monoisotopic (exact) mass is 267 g/mol. The summed E-state index contributed by atoms with van der Waals surface area (Å²) in [5, 5.41) is 0. The summed E-state index contributed by atoms with van der Waals surface area (Å²) in [6, 6.07) is 16.0. The molecule has 0 saturated heterocycles. The van der Waals surface area contributed by atoms with Crippen LogP contribution < -0.4 is 4.90 Å². The van der Waals surface area contributed by atoms with Crippen LogP contribution >= 0.6 is 0 Å². The first-order chi connectivity index (χ1) is 9.61. The van der Waals surface area contributed by atoms with E-state index in [0.29, 0.717) is 6.54 Å². The lowest BCUT2D eigenvalue weighted by Crippen LogP contribution is -2.26. The van der Waals surface area contributed by atoms with Gasteiger partial charge in [-0.3, -0.25) is 4.79 Å². The van der Waals surface area contributed by atoms with Crippen LogP contribution in [0.1, 0.15) is 28.4 Å². The molecule has 0 amide bonds. The predicted molar refractivity (Wildman–Crippen MR) is 84.6 cm³/mol. The molecule has 2 nitrogen and oxygen atoms in total. The Morgan fingerprint density at radius 2 is 1.70 bits per heavy atom. The molecule has 0 saturated carbocycles. The second kappa shape index (κ2) is 6.38. The molecule has 0 atom stereocenters. The Balaban J connectivity index is 2.09. The highest BCUT2D eigenvalue weighted by molar-refractivity contribution is 5.99. The summed E-state index contributed by atoms with van der Waals surface area (Å²) in [6.07, 6.45) is 0.998. The predicted octanol–water partition coefficient (Wildman–Crippen LogP) is 3.88. The fourth-order valence-electron chi connectivity index (χ4n) is 2.31. The van der Waals surface area contributed by atoms with E-state index >= 15 is 0 Å². The number of anilines is 1. The molecule has 2 heteroatoms. The van der Waals surface area contributed by atoms with Crippen molar-refractivity contribution in [2.75, 3.05) is 18.5 Å². The first-order valence-corrected chi connectivity index (χ1v) is 7.00. The molecule has 0 heterocycles. The largest absolute Gasteiger partial charge is 0.367 e. The van der Waals surface area contributed by atoms with Gasteiger partial charge in [0.2, 0.25) is 0 Å². The molecule has 0 fully saturated rings. The number of nitrogens with zero attached hydrogens (tertiary/aromatic N) is 1. The highest BCUT2D eigenvalue weighted by atomic mass is 16.1. The van der Waals surface area contributed by atoms with E-state index < -0.39 is 0 Å². The molecule has 0 aliphatic rings. The van der Waals surface area contributed by atoms with E-state index in [4.69, 9.17) is 0 Å². The van der Waals surface area contributed by atoms with Gasteiger partial charge >= 0.3 is 0 Å². The van der Waals surface area contributed by atoms with E-state index in [1.54, 1.807) is 0 Å². The van der Waals surface area contributed by atoms with Crippen molar-refractivity contribution < 1.29 is 4.79 Å². The van der Waals surface area contributed by atoms with Crippen molar-refractivity contribution in [1.82, 2.24) is 0 Å². The number of para-hydroxylation sites is 1. The van der Waals surface area contributed by atoms with Gasteiger partial charge in [0, 0.05) is 18.3 Å². The first kappa shape index (κ1) is 14.3. The van der Waals surface area contributed by atoms with E-state index in [1.807, 2.05) is 54.4 Å². The van der Waals surface area contributed by atoms with Crippen molar-refractivity contribution >= 4 is 11.5 Å². The molecule has 0 aliphatic heterocycles. The average molecular weight is 267 g/mol. The van der Waals surface area contributed by atoms with E-state index in [-0.39, 0.29) is 5.78 Å². The molecule has 0 radical (unpaired) electrons. The number of ketones is 1. The Morgan fingerprint density at radius 3 is 2.30 bits per heavy atom. The lowest BCUT2D eigenvalue weighted by molar-refractivity contribution is 0.100. The van der Waals surface area contributed by atoms with Crippen LogP contribution in [0.3, 0.4) is 0 Å². The Morgan fingerprint density at radius 1 is 1.05 bits per heavy atom. The number of hydrogen-bond acceptors (Lipinski definition) is 2. The molecule has 0 spiro atoms. The van der Waals surface area contributed by atoms with Crippen molar-refractivity contribution in [2.24, 2.45) is 0 Å². The molecule has 0 bridgehead atoms. The summed E-state index contributed by atoms with van der Waals surface area (Å²) in [5.74, 6) is 0.151. The standard InChI is InChI=1S/C18H21NO/c1-4-15-9-11-16(12-10-15)18(20)13-19(3)17-8-6-5-7-14(17)2/h5-12H,4,13H2,1-3H3. The van der Waals surface area contributed by atoms with Crippen LogP contribution in [0.2, 0.25) is 0 Å². The summed E-state index contributed by atoms with van der Waals surface area (Å²) >= 11 is 0. The number of hydrogen-bond donors (Lipinski definition) is 0. The fourth-order valence-corrected chi connectivity index (χ4v) is 2.31. The summed E-state index contributed by atoms with van der Waals surface area (Å²) in [6.45, 7) is 4.57. The Labute approximate surface area is 121 Å². The SMILES string of the molecule is CCc1ccc(C(=O)CN(C)c2ccccc2C)cc1. The number of carbonyl (C=O) groups is 1. The molecule has 0 aliphatic carbocycles. The third-order valence-electron chi connectivity index (χ3n) is 3.59. The maximum Gasteiger partial charge on any atom is 0.182 e. The van der Waals surface area contributed by atoms with Crippen LogP contribution in [0.25, 0.3) is 0 Å². The smallest absolute Gasteiger partial charge is 0.182 e. The van der Waals surface area contributed by atoms with Crippen LogP contribution in [0.5, 0.6) is 0 Å². The van der Waals surface area contributed by atoms with Gasteiger partial charge < -0.3 is 4.90 Å². The number of Topliss-reactive ketones (excluding diaryl/α,β-unsaturated/α-hetero) is 1. The van der Waals surface area contributed by atoms with Crippen LogP contribution in [-0.4, -0.2) is 19.4 Å². The molecular weight excluding hydrogens is 246 g/mol. The number of aryl methyl sites for hydroxylation is 2. The van der Waals surface area contributed by atoms with Crippen molar-refractivity contribution in [3.63, 3.8) is 0 Å². The maximum atomic E-state index is 12.3. The summed E-state index contributed by atoms with van der Waals surface area (Å²) in [7, 11) is 1.96. The molecule has 20 heavy (non-hydrogen) atoms. The average Bonchev–Trinajstić information content (AvgIpc) is 2.47. The van der Waals surface area contributed by atoms with Crippen molar-refractivity contribution in [3.05, 3.63) is 65.2 Å². The fraction of sp³-hybridized carbons (Fsp3) is 0.278. The molecule has 0 aromatic heterocycles. The van der Waals surface area contributed by atoms with E-state index in [2.05, 4.69) is 19.9 Å². The quantitative estimate of drug-likeness (QED) is 0.766. The van der Waals surface area contributed by atoms with E-state index in [0.717, 1.165) is 17.7 Å². The number of likely N-dealkylation sites (N-methyl/N-ethyl adjacent to an activating group) is 1. The maximum absolute atomic E-state index is 12.3. The third-order valence-corrected chi connectivity index (χ3v) is 3.59. The normalized spacial score (nSPS) is 10.3. The topological polar surface area (TPSA) is 20.3 Å². The molecule has 104 valence electrons. The minimum Gasteiger partial charge on any atom is -0.367 e. The minimum atomic E-state index is 0.151. The molecule has 0 unspecified atom stereocenters. The van der Waals surface area contributed by atoms with Gasteiger partial charge in [-0.1, -0.05) is 49.4 Å². The summed E-state index contributed by atoms with van der Waals surface area (Å²) in [5.41, 5.74) is 4.33. The van der Waals surface area contributed by atoms with Crippen molar-refractivity contribution in [1.29, 1.82) is 0 Å². The lowest BCUT2D eigenvalue weighted by atomic mass is 10.1. The Kier molecular flexibility index (Phi) is 4.57. The van der Waals surface area contributed by atoms with Crippen LogP contribution in [0, 0.1) is 6.92 Å². The van der Waals surface area contributed by atoms with Gasteiger partial charge in [0.25, 0.3) is 0 Å². The van der Waals surface area contributed by atoms with E-state index in [9.17, 15) is 4.79 Å². The van der Waals surface area contributed by atoms with Gasteiger partial charge in [-0.2, -0.15) is 0 Å². The zero-order valence-electron chi connectivity index (χ0n) is 12.4. The number of rotatable bonds is 5. The molecule has 2 aromatic rings. The Bertz CT molecular complexity index is 587. The minimum absolute atomic E-state index is 0.151. The molecule has 0 N–H and O–H groups in total. The van der Waals surface area contributed by atoms with Crippen molar-refractivity contribution in [3.8, 4) is 0 Å². The third kappa shape index (κ3) is 3.27. The van der Waals surface area contributed by atoms with Crippen molar-refractivity contribution in [2.45, 2.75) is 20.3 Å². The lowest BCUT2D eigenvalue weighted by Gasteiger charge is -2.20. The van der Waals surface area contributed by atoms with Gasteiger partial charge in [0.1, 0.15) is 0 Å². The van der Waals surface area contributed by atoms with Gasteiger partial charge in [0.05, 0.1) is 6.54 Å². The second-order valence-corrected chi connectivity index (χ2v) is 5.12. The number of carbonyl (C=O) groups excluding carboxylic acids is 1. The Hall–Kier alpha value is -2.09. The summed E-state index contributed by atoms with van der Waals surface area (Å²) in [4.78, 5) is 14.3. The van der Waals surface area contributed by atoms with Crippen LogP contribution in [0.15, 0.2) is 48.5 Å². The second-order valence-electron chi connectivity index (χ2n) is 5.12. The van der Waals surface area contributed by atoms with Crippen LogP contribution in [-0.2, 0) is 6.42 Å². The highest BCUT2D eigenvalue weighted by Crippen LogP contribution is 2.18. The molecular formula is C18H21NO. The number of benzene rings is 2. The zero-order valence-corrected chi connectivity index (χ0v) is 12.4. The van der Waals surface area contributed by atoms with Gasteiger partial charge in [0.15, 0.2) is 5.78 Å². The van der Waals surface area contributed by atoms with E-state index in [1.165, 1.54) is 11.1 Å². The van der Waals surface area contributed by atoms with Gasteiger partial charge in [-0.25, -0.2) is 0 Å². The van der Waals surface area contributed by atoms with Gasteiger partial charge in [-0.05, 0) is 30.5 Å². The molecule has 2 aromatic carbocycles. The zero-order chi connectivity index (χ0) is 14.5. The highest BCUT2D eigenvalue weighted by Gasteiger charge is 2.11. The first-order valence-electron chi connectivity index (χ1n) is 7.00. The van der Waals surface area contributed by atoms with Gasteiger partial charge in [-0.15, -0.1) is 0 Å². The molecule has 2 rings (SSSR count). The van der Waals surface area contributed by atoms with Crippen LogP contribution in [0.4, 0.5) is 5.69 Å².